The molecule has 0 saturated carbocycles. The first-order valence-electron chi connectivity index (χ1n) is 6.51. The van der Waals surface area contributed by atoms with Crippen molar-refractivity contribution in [3.05, 3.63) is 56.8 Å². The molecule has 0 aliphatic rings. The van der Waals surface area contributed by atoms with Gasteiger partial charge in [0.25, 0.3) is 5.91 Å². The molecule has 2 aromatic rings. The summed E-state index contributed by atoms with van der Waals surface area (Å²) in [5.41, 5.74) is 2.40. The lowest BCUT2D eigenvalue weighted by Crippen LogP contribution is -2.21. The zero-order valence-corrected chi connectivity index (χ0v) is 14.4. The van der Waals surface area contributed by atoms with Gasteiger partial charge in [0.1, 0.15) is 0 Å². The van der Waals surface area contributed by atoms with Crippen LogP contribution in [0.3, 0.4) is 0 Å². The summed E-state index contributed by atoms with van der Waals surface area (Å²) in [5, 5.41) is 3.14. The molecule has 0 aliphatic heterocycles. The first kappa shape index (κ1) is 16.8. The molecule has 2 aromatic carbocycles. The number of carbonyl (C=O) groups excluding carboxylic acids is 1. The van der Waals surface area contributed by atoms with Gasteiger partial charge in [0.2, 0.25) is 0 Å². The molecular weight excluding hydrogens is 373 g/mol. The van der Waals surface area contributed by atoms with Crippen molar-refractivity contribution < 1.29 is 13.9 Å². The summed E-state index contributed by atoms with van der Waals surface area (Å²) >= 11 is 9.27. The predicted molar refractivity (Wildman–Crippen MR) is 89.2 cm³/mol. The van der Waals surface area contributed by atoms with Crippen molar-refractivity contribution in [3.8, 4) is 5.75 Å². The summed E-state index contributed by atoms with van der Waals surface area (Å²) in [6.45, 7) is 3.47. The number of nitrogens with one attached hydrogen (secondary N) is 1. The molecular formula is C16H14BrClFNO2. The van der Waals surface area contributed by atoms with Gasteiger partial charge in [0.05, 0.1) is 10.7 Å². The first-order chi connectivity index (χ1) is 10.4. The Morgan fingerprint density at radius 2 is 2.05 bits per heavy atom. The van der Waals surface area contributed by atoms with E-state index in [1.807, 2.05) is 19.9 Å². The maximum Gasteiger partial charge on any atom is 0.262 e. The average molecular weight is 387 g/mol. The minimum atomic E-state index is -0.535. The second kappa shape index (κ2) is 7.11. The van der Waals surface area contributed by atoms with Crippen LogP contribution in [0, 0.1) is 19.7 Å². The Balaban J connectivity index is 2.02. The molecule has 0 fully saturated rings. The first-order valence-corrected chi connectivity index (χ1v) is 7.68. The summed E-state index contributed by atoms with van der Waals surface area (Å²) in [4.78, 5) is 11.9. The van der Waals surface area contributed by atoms with Gasteiger partial charge < -0.3 is 10.1 Å². The summed E-state index contributed by atoms with van der Waals surface area (Å²) in [6.07, 6.45) is 0. The number of aryl methyl sites for hydroxylation is 2. The lowest BCUT2D eigenvalue weighted by Gasteiger charge is -2.12. The van der Waals surface area contributed by atoms with Gasteiger partial charge in [0, 0.05) is 4.47 Å². The number of halogens is 3. The standard InChI is InChI=1S/C16H14BrClFNO2/c1-9-5-10(2)16(12(18)6-9)20-15(21)8-22-14-4-3-11(17)7-13(14)19/h3-7H,8H2,1-2H3,(H,20,21). The van der Waals surface area contributed by atoms with Gasteiger partial charge in [-0.05, 0) is 49.2 Å². The normalized spacial score (nSPS) is 10.4. The van der Waals surface area contributed by atoms with Crippen LogP contribution >= 0.6 is 27.5 Å². The molecule has 6 heteroatoms. The Bertz CT molecular complexity index is 698. The number of amides is 1. The lowest BCUT2D eigenvalue weighted by atomic mass is 10.1. The van der Waals surface area contributed by atoms with E-state index < -0.39 is 11.7 Å². The fourth-order valence-corrected chi connectivity index (χ4v) is 2.69. The Kier molecular flexibility index (Phi) is 5.42. The van der Waals surface area contributed by atoms with E-state index in [4.69, 9.17) is 16.3 Å². The molecule has 0 unspecified atom stereocenters. The molecule has 22 heavy (non-hydrogen) atoms. The molecule has 0 aliphatic carbocycles. The lowest BCUT2D eigenvalue weighted by molar-refractivity contribution is -0.118. The molecule has 0 aromatic heterocycles. The van der Waals surface area contributed by atoms with E-state index in [0.717, 1.165) is 11.1 Å². The Labute approximate surface area is 141 Å². The van der Waals surface area contributed by atoms with E-state index in [2.05, 4.69) is 21.2 Å². The van der Waals surface area contributed by atoms with Crippen molar-refractivity contribution in [1.29, 1.82) is 0 Å². The van der Waals surface area contributed by atoms with E-state index in [0.29, 0.717) is 15.2 Å². The van der Waals surface area contributed by atoms with Gasteiger partial charge in [-0.1, -0.05) is 33.6 Å². The van der Waals surface area contributed by atoms with Crippen LogP contribution in [0.25, 0.3) is 0 Å². The third-order valence-electron chi connectivity index (χ3n) is 2.95. The number of rotatable bonds is 4. The minimum Gasteiger partial charge on any atom is -0.481 e. The monoisotopic (exact) mass is 385 g/mol. The number of benzene rings is 2. The summed E-state index contributed by atoms with van der Waals surface area (Å²) in [5.74, 6) is -0.923. The SMILES string of the molecule is Cc1cc(C)c(NC(=O)COc2ccc(Br)cc2F)c(Cl)c1. The predicted octanol–water partition coefficient (Wildman–Crippen LogP) is 4.88. The molecule has 2 rings (SSSR count). The van der Waals surface area contributed by atoms with E-state index >= 15 is 0 Å². The largest absolute Gasteiger partial charge is 0.481 e. The molecule has 0 bridgehead atoms. The van der Waals surface area contributed by atoms with Gasteiger partial charge in [-0.3, -0.25) is 4.79 Å². The van der Waals surface area contributed by atoms with E-state index in [1.54, 1.807) is 12.1 Å². The average Bonchev–Trinajstić information content (AvgIpc) is 2.42. The topological polar surface area (TPSA) is 38.3 Å². The number of anilines is 1. The molecule has 116 valence electrons. The van der Waals surface area contributed by atoms with Gasteiger partial charge in [-0.15, -0.1) is 0 Å². The van der Waals surface area contributed by atoms with E-state index in [9.17, 15) is 9.18 Å². The van der Waals surface area contributed by atoms with Crippen molar-refractivity contribution in [1.82, 2.24) is 0 Å². The fraction of sp³-hybridized carbons (Fsp3) is 0.188. The van der Waals surface area contributed by atoms with E-state index in [1.165, 1.54) is 12.1 Å². The Morgan fingerprint density at radius 3 is 2.68 bits per heavy atom. The van der Waals surface area contributed by atoms with Crippen LogP contribution in [0.2, 0.25) is 5.02 Å². The Hall–Kier alpha value is -1.59. The van der Waals surface area contributed by atoms with Gasteiger partial charge in [-0.2, -0.15) is 0 Å². The summed E-state index contributed by atoms with van der Waals surface area (Å²) in [7, 11) is 0. The molecule has 0 radical (unpaired) electrons. The zero-order chi connectivity index (χ0) is 16.3. The van der Waals surface area contributed by atoms with Gasteiger partial charge in [-0.25, -0.2) is 4.39 Å². The third kappa shape index (κ3) is 4.21. The van der Waals surface area contributed by atoms with Crippen LogP contribution in [0.4, 0.5) is 10.1 Å². The molecule has 0 spiro atoms. The molecule has 0 heterocycles. The number of hydrogen-bond donors (Lipinski definition) is 1. The zero-order valence-electron chi connectivity index (χ0n) is 12.0. The number of hydrogen-bond acceptors (Lipinski definition) is 2. The second-order valence-corrected chi connectivity index (χ2v) is 6.17. The highest BCUT2D eigenvalue weighted by atomic mass is 79.9. The van der Waals surface area contributed by atoms with Gasteiger partial charge in [0.15, 0.2) is 18.2 Å². The molecule has 3 nitrogen and oxygen atoms in total. The Morgan fingerprint density at radius 1 is 1.32 bits per heavy atom. The van der Waals surface area contributed by atoms with Crippen LogP contribution < -0.4 is 10.1 Å². The highest BCUT2D eigenvalue weighted by Crippen LogP contribution is 2.27. The number of carbonyl (C=O) groups is 1. The van der Waals surface area contributed by atoms with Crippen LogP contribution in [-0.2, 0) is 4.79 Å². The fourth-order valence-electron chi connectivity index (χ4n) is 1.99. The molecule has 0 saturated heterocycles. The van der Waals surface area contributed by atoms with Crippen LogP contribution in [0.1, 0.15) is 11.1 Å². The van der Waals surface area contributed by atoms with Crippen molar-refractivity contribution in [2.45, 2.75) is 13.8 Å². The maximum absolute atomic E-state index is 13.6. The maximum atomic E-state index is 13.6. The van der Waals surface area contributed by atoms with Crippen molar-refractivity contribution in [2.75, 3.05) is 11.9 Å². The van der Waals surface area contributed by atoms with Crippen LogP contribution in [0.15, 0.2) is 34.8 Å². The van der Waals surface area contributed by atoms with Crippen molar-refractivity contribution >= 4 is 39.1 Å². The summed E-state index contributed by atoms with van der Waals surface area (Å²) < 4.78 is 19.4. The molecule has 1 amide bonds. The highest BCUT2D eigenvalue weighted by molar-refractivity contribution is 9.10. The van der Waals surface area contributed by atoms with Crippen LogP contribution in [0.5, 0.6) is 5.75 Å². The highest BCUT2D eigenvalue weighted by Gasteiger charge is 2.11. The van der Waals surface area contributed by atoms with Gasteiger partial charge >= 0.3 is 0 Å². The minimum absolute atomic E-state index is 0.0186. The quantitative estimate of drug-likeness (QED) is 0.813. The van der Waals surface area contributed by atoms with Crippen LogP contribution in [-0.4, -0.2) is 12.5 Å². The van der Waals surface area contributed by atoms with Crippen molar-refractivity contribution in [3.63, 3.8) is 0 Å². The number of ether oxygens (including phenoxy) is 1. The van der Waals surface area contributed by atoms with Crippen molar-refractivity contribution in [2.24, 2.45) is 0 Å². The third-order valence-corrected chi connectivity index (χ3v) is 3.74. The summed E-state index contributed by atoms with van der Waals surface area (Å²) in [6, 6.07) is 8.04. The molecule has 1 N–H and O–H groups in total. The molecule has 0 atom stereocenters. The smallest absolute Gasteiger partial charge is 0.262 e. The van der Waals surface area contributed by atoms with E-state index in [-0.39, 0.29) is 12.4 Å². The second-order valence-electron chi connectivity index (χ2n) is 4.85.